The number of hydrogen-bond acceptors (Lipinski definition) is 5. The number of aromatic nitrogens is 1. The number of nitrogens with one attached hydrogen (secondary N) is 1. The molecule has 1 N–H and O–H groups in total. The van der Waals surface area contributed by atoms with Crippen molar-refractivity contribution < 1.29 is 12.8 Å². The van der Waals surface area contributed by atoms with Crippen LogP contribution < -0.4 is 9.62 Å². The van der Waals surface area contributed by atoms with E-state index in [1.807, 2.05) is 12.1 Å². The summed E-state index contributed by atoms with van der Waals surface area (Å²) in [5.41, 5.74) is 0.811. The van der Waals surface area contributed by atoms with Gasteiger partial charge in [-0.15, -0.1) is 0 Å². The van der Waals surface area contributed by atoms with E-state index in [4.69, 9.17) is 4.42 Å². The Kier molecular flexibility index (Phi) is 3.34. The number of sulfonamides is 1. The molecule has 1 saturated carbocycles. The first-order valence-corrected chi connectivity index (χ1v) is 9.26. The van der Waals surface area contributed by atoms with Crippen molar-refractivity contribution in [2.75, 3.05) is 18.0 Å². The summed E-state index contributed by atoms with van der Waals surface area (Å²) in [5, 5.41) is 0.812. The van der Waals surface area contributed by atoms with Crippen LogP contribution in [0.2, 0.25) is 0 Å². The highest BCUT2D eigenvalue weighted by Crippen LogP contribution is 2.30. The Morgan fingerprint density at radius 1 is 1.27 bits per heavy atom. The van der Waals surface area contributed by atoms with Crippen LogP contribution in [0.4, 0.5) is 5.82 Å². The van der Waals surface area contributed by atoms with Gasteiger partial charge in [-0.05, 0) is 37.8 Å². The van der Waals surface area contributed by atoms with E-state index in [0.29, 0.717) is 6.54 Å². The van der Waals surface area contributed by atoms with Crippen molar-refractivity contribution in [3.05, 3.63) is 24.6 Å². The number of hydrogen-bond donors (Lipinski definition) is 1. The fraction of sp³-hybridized carbons (Fsp3) is 0.533. The van der Waals surface area contributed by atoms with E-state index >= 15 is 0 Å². The minimum absolute atomic E-state index is 0.0386. The van der Waals surface area contributed by atoms with Gasteiger partial charge >= 0.3 is 0 Å². The summed E-state index contributed by atoms with van der Waals surface area (Å²) in [7, 11) is -3.14. The van der Waals surface area contributed by atoms with Crippen molar-refractivity contribution in [3.8, 4) is 0 Å². The predicted octanol–water partition coefficient (Wildman–Crippen LogP) is 1.88. The van der Waals surface area contributed by atoms with Gasteiger partial charge in [0.15, 0.2) is 0 Å². The van der Waals surface area contributed by atoms with E-state index in [1.54, 1.807) is 12.5 Å². The Balaban J connectivity index is 1.54. The zero-order valence-electron chi connectivity index (χ0n) is 12.2. The third kappa shape index (κ3) is 2.59. The lowest BCUT2D eigenvalue weighted by Gasteiger charge is -2.34. The average Bonchev–Trinajstić information content (AvgIpc) is 3.26. The van der Waals surface area contributed by atoms with Gasteiger partial charge in [-0.1, -0.05) is 0 Å². The fourth-order valence-electron chi connectivity index (χ4n) is 3.10. The molecule has 0 aromatic carbocycles. The molecule has 1 aliphatic heterocycles. The molecule has 1 unspecified atom stereocenters. The first-order valence-electron chi connectivity index (χ1n) is 7.72. The zero-order chi connectivity index (χ0) is 15.2. The van der Waals surface area contributed by atoms with Crippen molar-refractivity contribution in [2.24, 2.45) is 0 Å². The number of furan rings is 1. The van der Waals surface area contributed by atoms with Crippen molar-refractivity contribution in [1.82, 2.24) is 9.71 Å². The Labute approximate surface area is 129 Å². The average molecular weight is 321 g/mol. The maximum absolute atomic E-state index is 12.1. The van der Waals surface area contributed by atoms with E-state index in [9.17, 15) is 8.42 Å². The van der Waals surface area contributed by atoms with Crippen LogP contribution in [-0.2, 0) is 10.0 Å². The molecule has 2 fully saturated rings. The quantitative estimate of drug-likeness (QED) is 0.930. The van der Waals surface area contributed by atoms with E-state index in [2.05, 4.69) is 14.6 Å². The van der Waals surface area contributed by atoms with Gasteiger partial charge in [-0.25, -0.2) is 18.1 Å². The highest BCUT2D eigenvalue weighted by atomic mass is 32.2. The molecule has 0 radical (unpaired) electrons. The SMILES string of the molecule is O=S(=O)(NC1CCCN(c2nccc3occc23)C1)C1CC1. The third-order valence-corrected chi connectivity index (χ3v) is 6.38. The number of piperidine rings is 1. The summed E-state index contributed by atoms with van der Waals surface area (Å²) in [6.45, 7) is 1.54. The molecular formula is C15H19N3O3S. The Bertz CT molecular complexity index is 782. The summed E-state index contributed by atoms with van der Waals surface area (Å²) in [6.07, 6.45) is 6.81. The predicted molar refractivity (Wildman–Crippen MR) is 84.3 cm³/mol. The van der Waals surface area contributed by atoms with Crippen LogP contribution in [0.1, 0.15) is 25.7 Å². The molecule has 1 atom stereocenters. The molecule has 0 bridgehead atoms. The fourth-order valence-corrected chi connectivity index (χ4v) is 4.71. The van der Waals surface area contributed by atoms with Crippen LogP contribution >= 0.6 is 0 Å². The number of rotatable bonds is 4. The maximum atomic E-state index is 12.1. The second kappa shape index (κ2) is 5.24. The summed E-state index contributed by atoms with van der Waals surface area (Å²) in [5.74, 6) is 0.876. The number of pyridine rings is 1. The molecule has 7 heteroatoms. The molecule has 2 aromatic heterocycles. The smallest absolute Gasteiger partial charge is 0.214 e. The van der Waals surface area contributed by atoms with E-state index in [1.165, 1.54) is 0 Å². The monoisotopic (exact) mass is 321 g/mol. The van der Waals surface area contributed by atoms with Gasteiger partial charge in [-0.2, -0.15) is 0 Å². The van der Waals surface area contributed by atoms with Crippen LogP contribution in [-0.4, -0.2) is 37.8 Å². The first kappa shape index (κ1) is 14.0. The summed E-state index contributed by atoms with van der Waals surface area (Å²) >= 11 is 0. The molecular weight excluding hydrogens is 302 g/mol. The van der Waals surface area contributed by atoms with Gasteiger partial charge in [0, 0.05) is 25.3 Å². The second-order valence-electron chi connectivity index (χ2n) is 6.11. The highest BCUT2D eigenvalue weighted by molar-refractivity contribution is 7.90. The van der Waals surface area contributed by atoms with Crippen LogP contribution in [0.15, 0.2) is 29.0 Å². The topological polar surface area (TPSA) is 75.4 Å². The molecule has 118 valence electrons. The van der Waals surface area contributed by atoms with E-state index in [-0.39, 0.29) is 11.3 Å². The molecule has 0 amide bonds. The Hall–Kier alpha value is -1.60. The summed E-state index contributed by atoms with van der Waals surface area (Å²) in [4.78, 5) is 6.62. The number of fused-ring (bicyclic) bond motifs is 1. The minimum Gasteiger partial charge on any atom is -0.464 e. The Morgan fingerprint density at radius 3 is 2.95 bits per heavy atom. The zero-order valence-corrected chi connectivity index (χ0v) is 13.1. The molecule has 1 aliphatic carbocycles. The van der Waals surface area contributed by atoms with Gasteiger partial charge in [0.25, 0.3) is 0 Å². The van der Waals surface area contributed by atoms with E-state index in [0.717, 1.165) is 49.0 Å². The molecule has 2 aromatic rings. The van der Waals surface area contributed by atoms with Crippen LogP contribution in [0.25, 0.3) is 11.0 Å². The molecule has 0 spiro atoms. The normalized spacial score (nSPS) is 23.1. The number of anilines is 1. The Morgan fingerprint density at radius 2 is 2.14 bits per heavy atom. The highest BCUT2D eigenvalue weighted by Gasteiger charge is 2.37. The van der Waals surface area contributed by atoms with Crippen LogP contribution in [0, 0.1) is 0 Å². The second-order valence-corrected chi connectivity index (χ2v) is 8.11. The van der Waals surface area contributed by atoms with Gasteiger partial charge in [0.2, 0.25) is 10.0 Å². The molecule has 1 saturated heterocycles. The standard InChI is InChI=1S/C15H19N3O3S/c19-22(20,12-3-4-12)17-11-2-1-8-18(10-11)15-13-6-9-21-14(13)5-7-16-15/h5-7,9,11-12,17H,1-4,8,10H2. The molecule has 6 nitrogen and oxygen atoms in total. The van der Waals surface area contributed by atoms with Gasteiger partial charge in [-0.3, -0.25) is 0 Å². The van der Waals surface area contributed by atoms with Gasteiger partial charge in [0.1, 0.15) is 11.4 Å². The summed E-state index contributed by atoms with van der Waals surface area (Å²) in [6, 6.07) is 3.72. The van der Waals surface area contributed by atoms with Crippen molar-refractivity contribution in [2.45, 2.75) is 37.0 Å². The first-order chi connectivity index (χ1) is 10.6. The van der Waals surface area contributed by atoms with Crippen molar-refractivity contribution in [1.29, 1.82) is 0 Å². The lowest BCUT2D eigenvalue weighted by molar-refractivity contribution is 0.464. The van der Waals surface area contributed by atoms with Crippen molar-refractivity contribution >= 4 is 26.8 Å². The molecule has 2 aliphatic rings. The lowest BCUT2D eigenvalue weighted by Crippen LogP contribution is -2.48. The summed E-state index contributed by atoms with van der Waals surface area (Å²) < 4.78 is 32.5. The largest absolute Gasteiger partial charge is 0.464 e. The van der Waals surface area contributed by atoms with E-state index < -0.39 is 10.0 Å². The molecule has 4 rings (SSSR count). The lowest BCUT2D eigenvalue weighted by atomic mass is 10.1. The molecule has 22 heavy (non-hydrogen) atoms. The number of nitrogens with zero attached hydrogens (tertiary/aromatic N) is 2. The minimum atomic E-state index is -3.14. The van der Waals surface area contributed by atoms with Gasteiger partial charge in [0.05, 0.1) is 16.9 Å². The van der Waals surface area contributed by atoms with Crippen LogP contribution in [0.3, 0.4) is 0 Å². The van der Waals surface area contributed by atoms with Crippen LogP contribution in [0.5, 0.6) is 0 Å². The van der Waals surface area contributed by atoms with Crippen molar-refractivity contribution in [3.63, 3.8) is 0 Å². The molecule has 3 heterocycles. The van der Waals surface area contributed by atoms with Gasteiger partial charge < -0.3 is 9.32 Å². The maximum Gasteiger partial charge on any atom is 0.214 e. The third-order valence-electron chi connectivity index (χ3n) is 4.37.